The zero-order chi connectivity index (χ0) is 14.3. The van der Waals surface area contributed by atoms with E-state index >= 15 is 0 Å². The van der Waals surface area contributed by atoms with Gasteiger partial charge in [0.25, 0.3) is 5.91 Å². The average molecular weight is 312 g/mol. The molecule has 1 aliphatic carbocycles. The minimum atomic E-state index is -0.328. The number of amides is 1. The van der Waals surface area contributed by atoms with Crippen molar-refractivity contribution in [3.8, 4) is 0 Å². The summed E-state index contributed by atoms with van der Waals surface area (Å²) in [6, 6.07) is 1.97. The van der Waals surface area contributed by atoms with Crippen LogP contribution >= 0.6 is 23.2 Å². The van der Waals surface area contributed by atoms with Crippen molar-refractivity contribution < 1.29 is 4.79 Å². The van der Waals surface area contributed by atoms with E-state index in [1.54, 1.807) is 12.3 Å². The second-order valence-corrected chi connectivity index (χ2v) is 5.31. The topological polar surface area (TPSA) is 85.8 Å². The fraction of sp³-hybridized carbons (Fsp3) is 0.250. The highest BCUT2D eigenvalue weighted by atomic mass is 35.5. The smallest absolute Gasteiger partial charge is 0.273 e. The van der Waals surface area contributed by atoms with E-state index in [2.05, 4.69) is 15.3 Å². The number of hydrogen-bond acceptors (Lipinski definition) is 4. The highest BCUT2D eigenvalue weighted by molar-refractivity contribution is 6.43. The third-order valence-corrected chi connectivity index (χ3v) is 3.76. The van der Waals surface area contributed by atoms with Crippen LogP contribution in [0.5, 0.6) is 0 Å². The molecule has 2 heterocycles. The van der Waals surface area contributed by atoms with Crippen LogP contribution in [0.15, 0.2) is 18.6 Å². The number of nitrogens with two attached hydrogens (primary N) is 1. The first-order valence-electron chi connectivity index (χ1n) is 6.01. The molecule has 3 rings (SSSR count). The molecule has 1 aliphatic rings. The zero-order valence-corrected chi connectivity index (χ0v) is 11.8. The van der Waals surface area contributed by atoms with Crippen LogP contribution in [-0.4, -0.2) is 20.4 Å². The van der Waals surface area contributed by atoms with Gasteiger partial charge in [0.15, 0.2) is 11.0 Å². The fourth-order valence-electron chi connectivity index (χ4n) is 1.94. The Balaban J connectivity index is 1.88. The molecular formula is C12H11Cl2N5O. The van der Waals surface area contributed by atoms with Crippen LogP contribution in [-0.2, 0) is 0 Å². The maximum Gasteiger partial charge on any atom is 0.273 e. The lowest BCUT2D eigenvalue weighted by molar-refractivity contribution is 0.101. The number of rotatable bonds is 3. The van der Waals surface area contributed by atoms with Gasteiger partial charge in [-0.1, -0.05) is 23.2 Å². The van der Waals surface area contributed by atoms with E-state index in [9.17, 15) is 4.79 Å². The van der Waals surface area contributed by atoms with Crippen LogP contribution in [0.25, 0.3) is 0 Å². The quantitative estimate of drug-likeness (QED) is 0.853. The summed E-state index contributed by atoms with van der Waals surface area (Å²) in [6.07, 6.45) is 5.10. The van der Waals surface area contributed by atoms with E-state index in [4.69, 9.17) is 28.9 Å². The van der Waals surface area contributed by atoms with E-state index in [0.29, 0.717) is 17.4 Å². The minimum Gasteiger partial charge on any atom is -0.397 e. The number of nitrogens with zero attached hydrogens (tertiary/aromatic N) is 3. The molecule has 1 fully saturated rings. The highest BCUT2D eigenvalue weighted by Gasteiger charge is 2.28. The number of nitrogen functional groups attached to an aromatic ring is 1. The van der Waals surface area contributed by atoms with Crippen molar-refractivity contribution in [2.24, 2.45) is 0 Å². The number of nitrogens with one attached hydrogen (secondary N) is 1. The fourth-order valence-corrected chi connectivity index (χ4v) is 2.22. The van der Waals surface area contributed by atoms with Gasteiger partial charge in [-0.05, 0) is 18.9 Å². The van der Waals surface area contributed by atoms with Crippen molar-refractivity contribution in [3.05, 3.63) is 34.5 Å². The Morgan fingerprint density at radius 3 is 2.85 bits per heavy atom. The summed E-state index contributed by atoms with van der Waals surface area (Å²) >= 11 is 11.7. The third kappa shape index (κ3) is 2.44. The van der Waals surface area contributed by atoms with Crippen LogP contribution < -0.4 is 11.1 Å². The van der Waals surface area contributed by atoms with E-state index in [-0.39, 0.29) is 21.9 Å². The van der Waals surface area contributed by atoms with Crippen LogP contribution in [0.4, 0.5) is 11.5 Å². The maximum atomic E-state index is 12.3. The van der Waals surface area contributed by atoms with Gasteiger partial charge in [0.1, 0.15) is 17.0 Å². The Labute approximate surface area is 124 Å². The predicted molar refractivity (Wildman–Crippen MR) is 77.1 cm³/mol. The number of hydrogen-bond donors (Lipinski definition) is 2. The largest absolute Gasteiger partial charge is 0.397 e. The molecule has 0 bridgehead atoms. The van der Waals surface area contributed by atoms with Crippen molar-refractivity contribution in [2.75, 3.05) is 11.1 Å². The molecule has 0 spiro atoms. The van der Waals surface area contributed by atoms with E-state index in [0.717, 1.165) is 12.8 Å². The monoisotopic (exact) mass is 311 g/mol. The van der Waals surface area contributed by atoms with Gasteiger partial charge in [0.2, 0.25) is 0 Å². The molecule has 0 saturated heterocycles. The molecule has 104 valence electrons. The van der Waals surface area contributed by atoms with Crippen molar-refractivity contribution in [2.45, 2.75) is 18.9 Å². The Hall–Kier alpha value is -1.79. The molecule has 8 heteroatoms. The van der Waals surface area contributed by atoms with Gasteiger partial charge < -0.3 is 15.6 Å². The molecule has 20 heavy (non-hydrogen) atoms. The first-order chi connectivity index (χ1) is 9.56. The molecule has 1 amide bonds. The van der Waals surface area contributed by atoms with Crippen molar-refractivity contribution >= 4 is 40.6 Å². The van der Waals surface area contributed by atoms with Crippen molar-refractivity contribution in [1.82, 2.24) is 14.5 Å². The molecule has 0 aliphatic heterocycles. The molecule has 0 atom stereocenters. The lowest BCUT2D eigenvalue weighted by Gasteiger charge is -2.09. The maximum absolute atomic E-state index is 12.3. The van der Waals surface area contributed by atoms with Crippen LogP contribution in [0, 0.1) is 0 Å². The number of aromatic nitrogens is 3. The van der Waals surface area contributed by atoms with Gasteiger partial charge in [0.05, 0.1) is 5.69 Å². The zero-order valence-electron chi connectivity index (χ0n) is 10.3. The predicted octanol–water partition coefficient (Wildman–Crippen LogP) is 2.75. The number of halogens is 2. The third-order valence-electron chi connectivity index (χ3n) is 3.02. The number of anilines is 2. The summed E-state index contributed by atoms with van der Waals surface area (Å²) in [4.78, 5) is 19.9. The lowest BCUT2D eigenvalue weighted by atomic mass is 10.3. The second kappa shape index (κ2) is 4.96. The van der Waals surface area contributed by atoms with Crippen molar-refractivity contribution in [3.63, 3.8) is 0 Å². The minimum absolute atomic E-state index is 0.0917. The molecule has 2 aromatic heterocycles. The number of carbonyl (C=O) groups excluding carboxylic acids is 1. The van der Waals surface area contributed by atoms with Gasteiger partial charge in [-0.25, -0.2) is 9.97 Å². The van der Waals surface area contributed by atoms with Gasteiger partial charge in [-0.3, -0.25) is 4.79 Å². The van der Waals surface area contributed by atoms with Gasteiger partial charge >= 0.3 is 0 Å². The van der Waals surface area contributed by atoms with Crippen molar-refractivity contribution in [1.29, 1.82) is 0 Å². The number of carbonyl (C=O) groups is 1. The molecule has 0 radical (unpaired) electrons. The molecular weight excluding hydrogens is 301 g/mol. The van der Waals surface area contributed by atoms with Gasteiger partial charge in [0, 0.05) is 12.2 Å². The molecule has 3 N–H and O–H groups in total. The van der Waals surface area contributed by atoms with Gasteiger partial charge in [-0.15, -0.1) is 0 Å². The summed E-state index contributed by atoms with van der Waals surface area (Å²) < 4.78 is 1.88. The molecule has 0 unspecified atom stereocenters. The standard InChI is InChI=1S/C12H11Cl2N5O/c13-9-10(14)16-5-17-11(9)18-12(20)8-3-6(15)4-19(8)7-1-2-7/h3-5,7H,1-2,15H2,(H,16,17,18,20). The highest BCUT2D eigenvalue weighted by Crippen LogP contribution is 2.37. The summed E-state index contributed by atoms with van der Waals surface area (Å²) in [5.74, 6) is -0.149. The van der Waals surface area contributed by atoms with E-state index < -0.39 is 0 Å². The summed E-state index contributed by atoms with van der Waals surface area (Å²) in [5, 5.41) is 2.82. The van der Waals surface area contributed by atoms with E-state index in [1.165, 1.54) is 6.33 Å². The first-order valence-corrected chi connectivity index (χ1v) is 6.76. The van der Waals surface area contributed by atoms with Crippen LogP contribution in [0.2, 0.25) is 10.2 Å². The Morgan fingerprint density at radius 2 is 2.15 bits per heavy atom. The molecule has 0 aromatic carbocycles. The molecule has 1 saturated carbocycles. The second-order valence-electron chi connectivity index (χ2n) is 4.58. The van der Waals surface area contributed by atoms with Crippen LogP contribution in [0.1, 0.15) is 29.4 Å². The van der Waals surface area contributed by atoms with Gasteiger partial charge in [-0.2, -0.15) is 0 Å². The van der Waals surface area contributed by atoms with Crippen LogP contribution in [0.3, 0.4) is 0 Å². The SMILES string of the molecule is Nc1cc(C(=O)Nc2ncnc(Cl)c2Cl)n(C2CC2)c1. The van der Waals surface area contributed by atoms with E-state index in [1.807, 2.05) is 4.57 Å². The Bertz CT molecular complexity index is 680. The molecule has 2 aromatic rings. The Morgan fingerprint density at radius 1 is 1.40 bits per heavy atom. The summed E-state index contributed by atoms with van der Waals surface area (Å²) in [6.45, 7) is 0. The lowest BCUT2D eigenvalue weighted by Crippen LogP contribution is -2.17. The normalized spacial score (nSPS) is 14.3. The Kier molecular flexibility index (Phi) is 3.27. The summed E-state index contributed by atoms with van der Waals surface area (Å²) in [7, 11) is 0. The summed E-state index contributed by atoms with van der Waals surface area (Å²) in [5.41, 5.74) is 6.79. The first kappa shape index (κ1) is 13.2. The average Bonchev–Trinajstić information content (AvgIpc) is 3.18. The molecule has 6 nitrogen and oxygen atoms in total.